The van der Waals surface area contributed by atoms with Gasteiger partial charge in [0, 0.05) is 16.9 Å². The van der Waals surface area contributed by atoms with E-state index in [1.807, 2.05) is 0 Å². The van der Waals surface area contributed by atoms with Crippen LogP contribution in [0.4, 0.5) is 0 Å². The number of carbonyl (C=O) groups is 1. The molecule has 2 aromatic rings. The number of aliphatic hydroxyl groups is 1. The largest absolute Gasteiger partial charge is 0.391 e. The Labute approximate surface area is 152 Å². The number of benzene rings is 1. The Bertz CT molecular complexity index is 839. The van der Waals surface area contributed by atoms with Crippen molar-refractivity contribution in [3.8, 4) is 0 Å². The van der Waals surface area contributed by atoms with Gasteiger partial charge in [-0.1, -0.05) is 11.6 Å². The van der Waals surface area contributed by atoms with E-state index in [0.29, 0.717) is 26.8 Å². The van der Waals surface area contributed by atoms with Gasteiger partial charge >= 0.3 is 0 Å². The predicted octanol–water partition coefficient (Wildman–Crippen LogP) is 1.88. The molecule has 0 radical (unpaired) electrons. The van der Waals surface area contributed by atoms with Crippen molar-refractivity contribution in [1.82, 2.24) is 14.9 Å². The maximum atomic E-state index is 12.5. The van der Waals surface area contributed by atoms with Gasteiger partial charge in [0.15, 0.2) is 5.78 Å². The Balaban J connectivity index is 1.79. The fourth-order valence-corrected chi connectivity index (χ4v) is 3.40. The van der Waals surface area contributed by atoms with Crippen LogP contribution in [-0.2, 0) is 11.3 Å². The van der Waals surface area contributed by atoms with E-state index in [1.165, 1.54) is 10.9 Å². The number of nitrogens with one attached hydrogen (secondary N) is 1. The fraction of sp³-hybridized carbons (Fsp3) is 0.438. The molecule has 2 atom stereocenters. The van der Waals surface area contributed by atoms with Crippen molar-refractivity contribution in [1.29, 1.82) is 0 Å². The summed E-state index contributed by atoms with van der Waals surface area (Å²) in [5.41, 5.74) is 0.212. The van der Waals surface area contributed by atoms with Gasteiger partial charge in [-0.15, -0.1) is 0 Å². The molecule has 1 aromatic carbocycles. The summed E-state index contributed by atoms with van der Waals surface area (Å²) in [7, 11) is 0. The fourth-order valence-electron chi connectivity index (χ4n) is 2.91. The zero-order valence-corrected chi connectivity index (χ0v) is 15.2. The third-order valence-corrected chi connectivity index (χ3v) is 5.41. The molecule has 8 heteroatoms. The summed E-state index contributed by atoms with van der Waals surface area (Å²) < 4.78 is 1.94. The molecule has 1 fully saturated rings. The second kappa shape index (κ2) is 7.31. The summed E-state index contributed by atoms with van der Waals surface area (Å²) in [6, 6.07) is 2.97. The van der Waals surface area contributed by atoms with Crippen LogP contribution in [0.2, 0.25) is 5.02 Å². The van der Waals surface area contributed by atoms with Gasteiger partial charge in [0.1, 0.15) is 0 Å². The zero-order chi connectivity index (χ0) is 17.3. The van der Waals surface area contributed by atoms with E-state index >= 15 is 0 Å². The lowest BCUT2D eigenvalue weighted by Gasteiger charge is -2.28. The zero-order valence-electron chi connectivity index (χ0n) is 12.8. The maximum absolute atomic E-state index is 12.5. The first-order valence-corrected chi connectivity index (χ1v) is 8.90. The lowest BCUT2D eigenvalue weighted by molar-refractivity contribution is -0.121. The molecule has 1 aromatic heterocycles. The van der Waals surface area contributed by atoms with Crippen LogP contribution in [0.5, 0.6) is 0 Å². The van der Waals surface area contributed by atoms with Crippen LogP contribution in [-0.4, -0.2) is 39.1 Å². The number of Topliss-reactive ketones (excluding diaryl/α,β-unsaturated/α-hetero) is 1. The van der Waals surface area contributed by atoms with Crippen molar-refractivity contribution in [2.45, 2.75) is 38.0 Å². The minimum Gasteiger partial charge on any atom is -0.391 e. The summed E-state index contributed by atoms with van der Waals surface area (Å²) in [5.74, 6) is -0.125. The van der Waals surface area contributed by atoms with Crippen LogP contribution >= 0.6 is 27.5 Å². The van der Waals surface area contributed by atoms with Crippen molar-refractivity contribution in [3.63, 3.8) is 0 Å². The minimum atomic E-state index is -0.523. The third kappa shape index (κ3) is 3.69. The number of nitrogens with zero attached hydrogens (tertiary/aromatic N) is 2. The number of hydrogen-bond donors (Lipinski definition) is 2. The molecule has 6 nitrogen and oxygen atoms in total. The molecule has 0 amide bonds. The summed E-state index contributed by atoms with van der Waals surface area (Å²) in [6.45, 7) is 0.722. The quantitative estimate of drug-likeness (QED) is 0.798. The van der Waals surface area contributed by atoms with E-state index in [9.17, 15) is 14.7 Å². The van der Waals surface area contributed by atoms with Crippen LogP contribution in [0.1, 0.15) is 19.3 Å². The third-order valence-electron chi connectivity index (χ3n) is 4.21. The highest BCUT2D eigenvalue weighted by molar-refractivity contribution is 9.10. The first kappa shape index (κ1) is 17.5. The first-order chi connectivity index (χ1) is 11.5. The smallest absolute Gasteiger partial charge is 0.261 e. The topological polar surface area (TPSA) is 84.2 Å². The molecule has 24 heavy (non-hydrogen) atoms. The highest BCUT2D eigenvalue weighted by Gasteiger charge is 2.25. The number of piperidine rings is 1. The maximum Gasteiger partial charge on any atom is 0.261 e. The Morgan fingerprint density at radius 2 is 2.29 bits per heavy atom. The molecule has 128 valence electrons. The monoisotopic (exact) mass is 413 g/mol. The van der Waals surface area contributed by atoms with Gasteiger partial charge in [-0.25, -0.2) is 4.98 Å². The first-order valence-electron chi connectivity index (χ1n) is 7.73. The average Bonchev–Trinajstić information content (AvgIpc) is 2.54. The molecule has 0 saturated carbocycles. The molecule has 0 aliphatic carbocycles. The number of carbonyl (C=O) groups excluding carboxylic acids is 1. The molecule has 0 spiro atoms. The molecule has 0 bridgehead atoms. The van der Waals surface area contributed by atoms with Crippen LogP contribution in [0.25, 0.3) is 10.9 Å². The number of fused-ring (bicyclic) bond motifs is 1. The van der Waals surface area contributed by atoms with Gasteiger partial charge in [-0.05, 0) is 47.4 Å². The number of hydrogen-bond acceptors (Lipinski definition) is 5. The van der Waals surface area contributed by atoms with Crippen molar-refractivity contribution in [2.75, 3.05) is 6.54 Å². The average molecular weight is 415 g/mol. The van der Waals surface area contributed by atoms with Crippen LogP contribution < -0.4 is 10.9 Å². The lowest BCUT2D eigenvalue weighted by Crippen LogP contribution is -2.46. The summed E-state index contributed by atoms with van der Waals surface area (Å²) in [6.07, 6.45) is 2.62. The SMILES string of the molecule is O=C(C[C@@H]1NCCC[C@@H]1O)Cn1cnc2cc(Br)c(Cl)cc2c1=O. The number of aliphatic hydroxyl groups excluding tert-OH is 1. The van der Waals surface area contributed by atoms with Crippen molar-refractivity contribution in [2.24, 2.45) is 0 Å². The van der Waals surface area contributed by atoms with Gasteiger partial charge < -0.3 is 10.4 Å². The standard InChI is InChI=1S/C16H17BrClN3O3/c17-11-6-13-10(5-12(11)18)16(24)21(8-20-13)7-9(22)4-14-15(23)2-1-3-19-14/h5-6,8,14-15,19,23H,1-4,7H2/t14-,15-/m0/s1. The van der Waals surface area contributed by atoms with Crippen molar-refractivity contribution in [3.05, 3.63) is 38.3 Å². The highest BCUT2D eigenvalue weighted by atomic mass is 79.9. The second-order valence-electron chi connectivity index (χ2n) is 5.97. The minimum absolute atomic E-state index is 0.0691. The molecule has 3 rings (SSSR count). The van der Waals surface area contributed by atoms with Gasteiger partial charge in [0.05, 0.1) is 34.9 Å². The van der Waals surface area contributed by atoms with Gasteiger partial charge in [0.25, 0.3) is 5.56 Å². The van der Waals surface area contributed by atoms with Crippen LogP contribution in [0.15, 0.2) is 27.7 Å². The van der Waals surface area contributed by atoms with E-state index in [-0.39, 0.29) is 30.3 Å². The van der Waals surface area contributed by atoms with Crippen molar-refractivity contribution < 1.29 is 9.90 Å². The van der Waals surface area contributed by atoms with Gasteiger partial charge in [-0.3, -0.25) is 14.2 Å². The van der Waals surface area contributed by atoms with E-state index < -0.39 is 6.10 Å². The number of ketones is 1. The highest BCUT2D eigenvalue weighted by Crippen LogP contribution is 2.25. The van der Waals surface area contributed by atoms with Crippen LogP contribution in [0, 0.1) is 0 Å². The molecular formula is C16H17BrClN3O3. The summed E-state index contributed by atoms with van der Waals surface area (Å²) in [5, 5.41) is 13.9. The predicted molar refractivity (Wildman–Crippen MR) is 95.4 cm³/mol. The Morgan fingerprint density at radius 3 is 3.04 bits per heavy atom. The number of halogens is 2. The molecule has 1 saturated heterocycles. The van der Waals surface area contributed by atoms with E-state index in [4.69, 9.17) is 11.6 Å². The van der Waals surface area contributed by atoms with E-state index in [2.05, 4.69) is 26.2 Å². The molecule has 2 heterocycles. The van der Waals surface area contributed by atoms with Crippen molar-refractivity contribution >= 4 is 44.2 Å². The Morgan fingerprint density at radius 1 is 1.50 bits per heavy atom. The van der Waals surface area contributed by atoms with Crippen LogP contribution in [0.3, 0.4) is 0 Å². The molecule has 1 aliphatic heterocycles. The number of rotatable bonds is 4. The molecule has 0 unspecified atom stereocenters. The Kier molecular flexibility index (Phi) is 5.34. The molecule has 1 aliphatic rings. The van der Waals surface area contributed by atoms with E-state index in [1.54, 1.807) is 12.1 Å². The lowest BCUT2D eigenvalue weighted by atomic mass is 9.97. The van der Waals surface area contributed by atoms with E-state index in [0.717, 1.165) is 13.0 Å². The van der Waals surface area contributed by atoms with Gasteiger partial charge in [-0.2, -0.15) is 0 Å². The summed E-state index contributed by atoms with van der Waals surface area (Å²) in [4.78, 5) is 29.0. The second-order valence-corrected chi connectivity index (χ2v) is 7.24. The molecular weight excluding hydrogens is 398 g/mol. The van der Waals surface area contributed by atoms with Gasteiger partial charge in [0.2, 0.25) is 0 Å². The Hall–Kier alpha value is -1.28. The normalized spacial score (nSPS) is 21.1. The summed E-state index contributed by atoms with van der Waals surface area (Å²) >= 11 is 9.33. The molecule has 2 N–H and O–H groups in total. The number of aromatic nitrogens is 2.